The van der Waals surface area contributed by atoms with Gasteiger partial charge in [0, 0.05) is 33.2 Å². The van der Waals surface area contributed by atoms with Crippen LogP contribution in [0, 0.1) is 0 Å². The minimum atomic E-state index is -4.56. The predicted octanol–water partition coefficient (Wildman–Crippen LogP) is 5.29. The second kappa shape index (κ2) is 8.13. The lowest BCUT2D eigenvalue weighted by molar-refractivity contribution is -0.140. The minimum Gasteiger partial charge on any atom is -0.469 e. The Bertz CT molecular complexity index is 709. The van der Waals surface area contributed by atoms with Crippen molar-refractivity contribution in [2.45, 2.75) is 38.7 Å². The van der Waals surface area contributed by atoms with Crippen molar-refractivity contribution in [2.75, 3.05) is 20.8 Å². The van der Waals surface area contributed by atoms with Crippen molar-refractivity contribution in [3.63, 3.8) is 0 Å². The lowest BCUT2D eigenvalue weighted by atomic mass is 9.89. The zero-order chi connectivity index (χ0) is 19.5. The summed E-state index contributed by atoms with van der Waals surface area (Å²) < 4.78 is 74.7. The van der Waals surface area contributed by atoms with E-state index in [-0.39, 0.29) is 23.1 Å². The highest BCUT2D eigenvalue weighted by Crippen LogP contribution is 2.63. The van der Waals surface area contributed by atoms with E-state index in [9.17, 15) is 17.7 Å². The van der Waals surface area contributed by atoms with Crippen LogP contribution in [0.5, 0.6) is 0 Å². The fourth-order valence-corrected chi connectivity index (χ4v) is 4.74. The van der Waals surface area contributed by atoms with E-state index in [1.165, 1.54) is 39.3 Å². The normalized spacial score (nSPS) is 21.7. The number of rotatable bonds is 6. The Morgan fingerprint density at radius 2 is 1.85 bits per heavy atom. The predicted molar refractivity (Wildman–Crippen MR) is 89.6 cm³/mol. The highest BCUT2D eigenvalue weighted by atomic mass is 31.2. The highest BCUT2D eigenvalue weighted by Gasteiger charge is 2.45. The van der Waals surface area contributed by atoms with Gasteiger partial charge in [0.25, 0.3) is 0 Å². The lowest BCUT2D eigenvalue weighted by Gasteiger charge is -2.35. The van der Waals surface area contributed by atoms with Crippen LogP contribution in [-0.4, -0.2) is 27.1 Å². The van der Waals surface area contributed by atoms with Gasteiger partial charge in [0.2, 0.25) is 0 Å². The van der Waals surface area contributed by atoms with Gasteiger partial charge in [-0.1, -0.05) is 18.2 Å². The van der Waals surface area contributed by atoms with Gasteiger partial charge in [-0.05, 0) is 25.5 Å². The van der Waals surface area contributed by atoms with Crippen LogP contribution in [0.25, 0.3) is 0 Å². The molecular weight excluding hydrogens is 372 g/mol. The van der Waals surface area contributed by atoms with Gasteiger partial charge in [0.05, 0.1) is 10.9 Å². The fourth-order valence-electron chi connectivity index (χ4n) is 3.13. The van der Waals surface area contributed by atoms with Gasteiger partial charge < -0.3 is 18.5 Å². The highest BCUT2D eigenvalue weighted by molar-refractivity contribution is 7.58. The molecule has 0 aromatic heterocycles. The fraction of sp³-hybridized carbons (Fsp3) is 0.529. The molecule has 5 nitrogen and oxygen atoms in total. The van der Waals surface area contributed by atoms with Crippen LogP contribution in [0.3, 0.4) is 0 Å². The van der Waals surface area contributed by atoms with Crippen LogP contribution in [0.4, 0.5) is 13.2 Å². The molecule has 0 amide bonds. The maximum Gasteiger partial charge on any atom is 0.416 e. The molecule has 1 aliphatic heterocycles. The van der Waals surface area contributed by atoms with E-state index in [1.54, 1.807) is 6.92 Å². The number of alkyl halides is 3. The maximum absolute atomic E-state index is 13.5. The first-order valence-corrected chi connectivity index (χ1v) is 9.59. The zero-order valence-electron chi connectivity index (χ0n) is 15.0. The Kier molecular flexibility index (Phi) is 6.55. The quantitative estimate of drug-likeness (QED) is 0.614. The first-order valence-electron chi connectivity index (χ1n) is 8.05. The topological polar surface area (TPSA) is 54.0 Å². The van der Waals surface area contributed by atoms with Gasteiger partial charge in [-0.15, -0.1) is 0 Å². The SMILES string of the molecule is CCOC1CC(c2ccccc2C(F)(F)F)C(P(=O)(OC)OC)=C(C)O1. The molecule has 1 heterocycles. The monoisotopic (exact) mass is 394 g/mol. The van der Waals surface area contributed by atoms with Crippen LogP contribution in [-0.2, 0) is 29.3 Å². The number of hydrogen-bond donors (Lipinski definition) is 0. The van der Waals surface area contributed by atoms with Crippen molar-refractivity contribution in [2.24, 2.45) is 0 Å². The Hall–Kier alpha value is -1.34. The molecule has 0 N–H and O–H groups in total. The van der Waals surface area contributed by atoms with E-state index in [4.69, 9.17) is 18.5 Å². The minimum absolute atomic E-state index is 0.0170. The van der Waals surface area contributed by atoms with Gasteiger partial charge in [0.1, 0.15) is 5.76 Å². The summed E-state index contributed by atoms with van der Waals surface area (Å²) in [6.45, 7) is 3.60. The van der Waals surface area contributed by atoms with Crippen molar-refractivity contribution >= 4 is 7.60 Å². The number of hydrogen-bond acceptors (Lipinski definition) is 5. The molecule has 0 saturated carbocycles. The van der Waals surface area contributed by atoms with Gasteiger partial charge in [-0.3, -0.25) is 4.57 Å². The summed E-state index contributed by atoms with van der Waals surface area (Å²) in [6.07, 6.45) is -5.25. The van der Waals surface area contributed by atoms with Crippen LogP contribution in [0.15, 0.2) is 35.3 Å². The smallest absolute Gasteiger partial charge is 0.416 e. The molecule has 0 saturated heterocycles. The third-order valence-corrected chi connectivity index (χ3v) is 6.38. The first-order chi connectivity index (χ1) is 12.2. The molecule has 1 aromatic carbocycles. The molecule has 0 radical (unpaired) electrons. The summed E-state index contributed by atoms with van der Waals surface area (Å²) in [7, 11) is -1.45. The van der Waals surface area contributed by atoms with Gasteiger partial charge in [-0.2, -0.15) is 13.2 Å². The molecule has 2 atom stereocenters. The van der Waals surface area contributed by atoms with Crippen LogP contribution in [0.2, 0.25) is 0 Å². The number of allylic oxidation sites excluding steroid dienone is 2. The molecule has 1 aromatic rings. The van der Waals surface area contributed by atoms with Crippen molar-refractivity contribution in [3.8, 4) is 0 Å². The number of ether oxygens (including phenoxy) is 2. The van der Waals surface area contributed by atoms with Crippen molar-refractivity contribution in [1.82, 2.24) is 0 Å². The second-order valence-corrected chi connectivity index (χ2v) is 7.89. The molecule has 9 heteroatoms. The number of benzene rings is 1. The van der Waals surface area contributed by atoms with E-state index in [1.807, 2.05) is 0 Å². The van der Waals surface area contributed by atoms with Gasteiger partial charge >= 0.3 is 13.8 Å². The third-order valence-electron chi connectivity index (χ3n) is 4.20. The standard InChI is InChI=1S/C17H22F3O5P/c1-5-24-15-10-13(12-8-6-7-9-14(12)17(18,19)20)16(11(2)25-15)26(21,22-3)23-4/h6-9,13,15H,5,10H2,1-4H3. The first kappa shape index (κ1) is 21.0. The Morgan fingerprint density at radius 3 is 2.38 bits per heavy atom. The van der Waals surface area contributed by atoms with E-state index >= 15 is 0 Å². The average molecular weight is 394 g/mol. The van der Waals surface area contributed by atoms with Crippen molar-refractivity contribution in [1.29, 1.82) is 0 Å². The molecule has 0 bridgehead atoms. The second-order valence-electron chi connectivity index (χ2n) is 5.68. The molecule has 0 aliphatic carbocycles. The van der Waals surface area contributed by atoms with Crippen LogP contribution >= 0.6 is 7.60 Å². The molecule has 2 rings (SSSR count). The van der Waals surface area contributed by atoms with Crippen molar-refractivity contribution in [3.05, 3.63) is 46.5 Å². The maximum atomic E-state index is 13.5. The van der Waals surface area contributed by atoms with Crippen LogP contribution in [0.1, 0.15) is 37.3 Å². The zero-order valence-corrected chi connectivity index (χ0v) is 15.9. The molecule has 26 heavy (non-hydrogen) atoms. The Morgan fingerprint density at radius 1 is 1.23 bits per heavy atom. The summed E-state index contributed by atoms with van der Waals surface area (Å²) in [5.41, 5.74) is -0.817. The molecular formula is C17H22F3O5P. The summed E-state index contributed by atoms with van der Waals surface area (Å²) >= 11 is 0. The molecule has 0 spiro atoms. The largest absolute Gasteiger partial charge is 0.469 e. The summed E-state index contributed by atoms with van der Waals surface area (Å²) in [6, 6.07) is 5.18. The van der Waals surface area contributed by atoms with Gasteiger partial charge in [0.15, 0.2) is 6.29 Å². The van der Waals surface area contributed by atoms with Crippen LogP contribution < -0.4 is 0 Å². The summed E-state index contributed by atoms with van der Waals surface area (Å²) in [4.78, 5) is 0. The Labute approximate surface area is 150 Å². The van der Waals surface area contributed by atoms with Crippen molar-refractivity contribution < 1.29 is 36.3 Å². The molecule has 1 aliphatic rings. The van der Waals surface area contributed by atoms with Gasteiger partial charge in [-0.25, -0.2) is 0 Å². The Balaban J connectivity index is 2.66. The third kappa shape index (κ3) is 4.14. The summed E-state index contributed by atoms with van der Waals surface area (Å²) in [5, 5.41) is 0.0788. The van der Waals surface area contributed by atoms with E-state index in [2.05, 4.69) is 0 Å². The average Bonchev–Trinajstić information content (AvgIpc) is 2.60. The molecule has 0 fully saturated rings. The lowest BCUT2D eigenvalue weighted by Crippen LogP contribution is -2.28. The molecule has 2 unspecified atom stereocenters. The van der Waals surface area contributed by atoms with E-state index < -0.39 is 31.5 Å². The van der Waals surface area contributed by atoms with E-state index in [0.717, 1.165) is 6.07 Å². The summed E-state index contributed by atoms with van der Waals surface area (Å²) in [5.74, 6) is -0.701. The number of halogens is 3. The molecule has 146 valence electrons. The van der Waals surface area contributed by atoms with E-state index in [0.29, 0.717) is 6.61 Å².